The van der Waals surface area contributed by atoms with Crippen molar-refractivity contribution in [3.63, 3.8) is 0 Å². The molecule has 0 bridgehead atoms. The Bertz CT molecular complexity index is 490. The Kier molecular flexibility index (Phi) is 9.51. The van der Waals surface area contributed by atoms with Gasteiger partial charge in [0, 0.05) is 11.6 Å². The fourth-order valence-electron chi connectivity index (χ4n) is 1.37. The highest BCUT2D eigenvalue weighted by Crippen LogP contribution is 2.21. The van der Waals surface area contributed by atoms with Crippen LogP contribution in [0.3, 0.4) is 0 Å². The molecule has 0 aliphatic rings. The van der Waals surface area contributed by atoms with Crippen molar-refractivity contribution in [2.75, 3.05) is 0 Å². The van der Waals surface area contributed by atoms with Gasteiger partial charge in [-0.2, -0.15) is 0 Å². The summed E-state index contributed by atoms with van der Waals surface area (Å²) >= 11 is 0. The van der Waals surface area contributed by atoms with Crippen molar-refractivity contribution in [2.45, 2.75) is 39.7 Å². The van der Waals surface area contributed by atoms with Gasteiger partial charge in [0.2, 0.25) is 0 Å². The molecule has 0 saturated heterocycles. The first kappa shape index (κ1) is 22.9. The van der Waals surface area contributed by atoms with Gasteiger partial charge in [-0.25, -0.2) is 14.4 Å². The highest BCUT2D eigenvalue weighted by Gasteiger charge is 2.41. The molecule has 9 nitrogen and oxygen atoms in total. The van der Waals surface area contributed by atoms with Gasteiger partial charge >= 0.3 is 23.9 Å². The predicted octanol–water partition coefficient (Wildman–Crippen LogP) is 0.671. The largest absolute Gasteiger partial charge is 0.481 e. The molecule has 5 N–H and O–H groups in total. The number of aliphatic hydroxyl groups is 1. The molecule has 0 heterocycles. The Morgan fingerprint density at radius 2 is 1.39 bits per heavy atom. The van der Waals surface area contributed by atoms with E-state index in [4.69, 9.17) is 20.4 Å². The van der Waals surface area contributed by atoms with E-state index in [1.165, 1.54) is 13.8 Å². The van der Waals surface area contributed by atoms with E-state index in [1.54, 1.807) is 13.8 Å². The summed E-state index contributed by atoms with van der Waals surface area (Å²) in [5.74, 6) is -6.14. The maximum Gasteiger partial charge on any atom is 0.336 e. The van der Waals surface area contributed by atoms with Crippen LogP contribution in [0.5, 0.6) is 0 Å². The maximum atomic E-state index is 10.5. The molecule has 0 saturated carbocycles. The molecule has 1 unspecified atom stereocenters. The quantitative estimate of drug-likeness (QED) is 0.420. The lowest BCUT2D eigenvalue weighted by molar-refractivity contribution is -0.170. The average molecular weight is 334 g/mol. The van der Waals surface area contributed by atoms with Gasteiger partial charge in [0.15, 0.2) is 5.60 Å². The molecule has 0 aromatic carbocycles. The van der Waals surface area contributed by atoms with Gasteiger partial charge in [-0.15, -0.1) is 0 Å². The van der Waals surface area contributed by atoms with Crippen molar-refractivity contribution in [3.05, 3.63) is 11.6 Å². The van der Waals surface area contributed by atoms with Crippen LogP contribution in [-0.2, 0) is 19.2 Å². The van der Waals surface area contributed by atoms with Crippen LogP contribution >= 0.6 is 0 Å². The van der Waals surface area contributed by atoms with Crippen molar-refractivity contribution in [1.29, 1.82) is 0 Å². The Hall–Kier alpha value is -2.42. The highest BCUT2D eigenvalue weighted by atomic mass is 16.4. The first-order valence-electron chi connectivity index (χ1n) is 6.61. The molecule has 0 rings (SSSR count). The number of carbonyl (C=O) groups is 4. The fraction of sp³-hybridized carbons (Fsp3) is 0.571. The number of hydrogen-bond acceptors (Lipinski definition) is 5. The van der Waals surface area contributed by atoms with Crippen LogP contribution in [0.25, 0.3) is 0 Å². The van der Waals surface area contributed by atoms with Gasteiger partial charge in [-0.05, 0) is 11.8 Å². The van der Waals surface area contributed by atoms with Crippen molar-refractivity contribution >= 4 is 23.9 Å². The number of carboxylic acids is 4. The summed E-state index contributed by atoms with van der Waals surface area (Å²) in [5, 5.41) is 42.9. The van der Waals surface area contributed by atoms with Crippen LogP contribution in [-0.4, -0.2) is 55.0 Å². The molecule has 0 aliphatic heterocycles. The molecule has 0 aliphatic carbocycles. The summed E-state index contributed by atoms with van der Waals surface area (Å²) in [6.45, 7) is 6.17. The Balaban J connectivity index is 0. The van der Waals surface area contributed by atoms with Crippen LogP contribution in [0.2, 0.25) is 0 Å². The molecule has 0 aromatic rings. The van der Waals surface area contributed by atoms with E-state index in [0.717, 1.165) is 0 Å². The molecule has 23 heavy (non-hydrogen) atoms. The number of hydrogen-bond donors (Lipinski definition) is 5. The van der Waals surface area contributed by atoms with E-state index >= 15 is 0 Å². The normalized spacial score (nSPS) is 13.8. The smallest absolute Gasteiger partial charge is 0.336 e. The minimum Gasteiger partial charge on any atom is -0.481 e. The second-order valence-electron chi connectivity index (χ2n) is 5.35. The Morgan fingerprint density at radius 1 is 0.957 bits per heavy atom. The minimum absolute atomic E-state index is 0.0856. The molecule has 0 radical (unpaired) electrons. The maximum absolute atomic E-state index is 10.5. The lowest BCUT2D eigenvalue weighted by atomic mass is 9.87. The minimum atomic E-state index is -2.16. The molecule has 132 valence electrons. The highest BCUT2D eigenvalue weighted by molar-refractivity contribution is 5.94. The first-order chi connectivity index (χ1) is 10.3. The Labute approximate surface area is 132 Å². The SMILES string of the molecule is CC(C)/C(=C/C(=O)O)C(=O)O.CC(C)C(O)(CC(=O)O)C(=O)O. The van der Waals surface area contributed by atoms with Gasteiger partial charge in [0.05, 0.1) is 6.42 Å². The van der Waals surface area contributed by atoms with Crippen molar-refractivity contribution in [3.8, 4) is 0 Å². The van der Waals surface area contributed by atoms with E-state index in [0.29, 0.717) is 6.08 Å². The van der Waals surface area contributed by atoms with Gasteiger partial charge in [0.25, 0.3) is 0 Å². The third kappa shape index (κ3) is 8.57. The lowest BCUT2D eigenvalue weighted by Gasteiger charge is -2.25. The summed E-state index contributed by atoms with van der Waals surface area (Å²) in [7, 11) is 0. The van der Waals surface area contributed by atoms with Gasteiger partial charge in [0.1, 0.15) is 0 Å². The fourth-order valence-corrected chi connectivity index (χ4v) is 1.37. The van der Waals surface area contributed by atoms with Crippen LogP contribution < -0.4 is 0 Å². The summed E-state index contributed by atoms with van der Waals surface area (Å²) in [6, 6.07) is 0. The Morgan fingerprint density at radius 3 is 1.48 bits per heavy atom. The van der Waals surface area contributed by atoms with Crippen molar-refractivity contribution < 1.29 is 44.7 Å². The standard InChI is InChI=1S/C7H12O5.C7H10O4/c1-4(2)7(12,6(10)11)3-5(8)9;1-4(2)5(7(10)11)3-6(8)9/h4,12H,3H2,1-2H3,(H,8,9)(H,10,11);3-4H,1-2H3,(H,8,9)(H,10,11)/b;5-3-. The van der Waals surface area contributed by atoms with Gasteiger partial charge < -0.3 is 25.5 Å². The second-order valence-corrected chi connectivity index (χ2v) is 5.35. The molecule has 0 amide bonds. The van der Waals surface area contributed by atoms with E-state index < -0.39 is 41.8 Å². The topological polar surface area (TPSA) is 169 Å². The summed E-state index contributed by atoms with van der Waals surface area (Å²) < 4.78 is 0. The molecule has 0 fully saturated rings. The van der Waals surface area contributed by atoms with E-state index in [2.05, 4.69) is 0 Å². The van der Waals surface area contributed by atoms with Gasteiger partial charge in [-0.1, -0.05) is 27.7 Å². The number of aliphatic carboxylic acids is 4. The van der Waals surface area contributed by atoms with E-state index in [9.17, 15) is 24.3 Å². The zero-order chi connectivity index (χ0) is 19.0. The molecule has 1 atom stereocenters. The van der Waals surface area contributed by atoms with Crippen LogP contribution in [0, 0.1) is 11.8 Å². The van der Waals surface area contributed by atoms with Crippen molar-refractivity contribution in [1.82, 2.24) is 0 Å². The summed E-state index contributed by atoms with van der Waals surface area (Å²) in [5.41, 5.74) is -2.25. The first-order valence-corrected chi connectivity index (χ1v) is 6.61. The third-order valence-corrected chi connectivity index (χ3v) is 2.89. The van der Waals surface area contributed by atoms with Crippen LogP contribution in [0.1, 0.15) is 34.1 Å². The van der Waals surface area contributed by atoms with Crippen molar-refractivity contribution in [2.24, 2.45) is 11.8 Å². The molecule has 0 spiro atoms. The predicted molar refractivity (Wildman–Crippen MR) is 77.9 cm³/mol. The van der Waals surface area contributed by atoms with Crippen LogP contribution in [0.4, 0.5) is 0 Å². The number of carboxylic acid groups (broad SMARTS) is 4. The van der Waals surface area contributed by atoms with Crippen LogP contribution in [0.15, 0.2) is 11.6 Å². The molecular weight excluding hydrogens is 312 g/mol. The number of rotatable bonds is 7. The third-order valence-electron chi connectivity index (χ3n) is 2.89. The zero-order valence-corrected chi connectivity index (χ0v) is 13.3. The monoisotopic (exact) mass is 334 g/mol. The average Bonchev–Trinajstić information content (AvgIpc) is 2.34. The van der Waals surface area contributed by atoms with E-state index in [1.807, 2.05) is 0 Å². The molecular formula is C14H22O9. The molecule has 0 aromatic heterocycles. The second kappa shape index (κ2) is 9.57. The molecule has 9 heteroatoms. The zero-order valence-electron chi connectivity index (χ0n) is 13.3. The summed E-state index contributed by atoms with van der Waals surface area (Å²) in [4.78, 5) is 41.1. The van der Waals surface area contributed by atoms with E-state index in [-0.39, 0.29) is 11.5 Å². The summed E-state index contributed by atoms with van der Waals surface area (Å²) in [6.07, 6.45) is -0.0625. The lowest BCUT2D eigenvalue weighted by Crippen LogP contribution is -2.45. The van der Waals surface area contributed by atoms with Gasteiger partial charge in [-0.3, -0.25) is 4.79 Å².